The molecule has 22 heavy (non-hydrogen) atoms. The molecule has 1 saturated carbocycles. The number of benzene rings is 1. The molecule has 3 rings (SSSR count). The van der Waals surface area contributed by atoms with E-state index in [0.717, 1.165) is 23.4 Å². The molecule has 0 saturated heterocycles. The SMILES string of the molecule is O=C(NCC1(CO)CC1)c1cnc(Cc2ccc(F)cc2)s1. The highest BCUT2D eigenvalue weighted by atomic mass is 32.1. The molecule has 1 aromatic carbocycles. The summed E-state index contributed by atoms with van der Waals surface area (Å²) >= 11 is 1.34. The van der Waals surface area contributed by atoms with Gasteiger partial charge in [0, 0.05) is 18.4 Å². The van der Waals surface area contributed by atoms with Crippen molar-refractivity contribution in [1.82, 2.24) is 10.3 Å². The largest absolute Gasteiger partial charge is 0.396 e. The first-order valence-corrected chi connectivity index (χ1v) is 8.00. The third kappa shape index (κ3) is 3.51. The fraction of sp³-hybridized carbons (Fsp3) is 0.375. The third-order valence-electron chi connectivity index (χ3n) is 3.96. The van der Waals surface area contributed by atoms with Crippen LogP contribution in [0.5, 0.6) is 0 Å². The zero-order chi connectivity index (χ0) is 15.6. The molecule has 0 radical (unpaired) electrons. The van der Waals surface area contributed by atoms with Crippen molar-refractivity contribution in [3.63, 3.8) is 0 Å². The summed E-state index contributed by atoms with van der Waals surface area (Å²) in [6.45, 7) is 0.624. The molecule has 0 unspecified atom stereocenters. The lowest BCUT2D eigenvalue weighted by atomic mass is 10.1. The van der Waals surface area contributed by atoms with Gasteiger partial charge in [0.2, 0.25) is 0 Å². The van der Waals surface area contributed by atoms with Gasteiger partial charge in [-0.15, -0.1) is 11.3 Å². The van der Waals surface area contributed by atoms with Gasteiger partial charge in [-0.3, -0.25) is 4.79 Å². The van der Waals surface area contributed by atoms with Crippen LogP contribution in [0, 0.1) is 11.2 Å². The second kappa shape index (κ2) is 6.14. The second-order valence-electron chi connectivity index (χ2n) is 5.76. The van der Waals surface area contributed by atoms with Crippen LogP contribution in [-0.4, -0.2) is 29.1 Å². The van der Waals surface area contributed by atoms with Crippen LogP contribution in [0.1, 0.15) is 33.1 Å². The summed E-state index contributed by atoms with van der Waals surface area (Å²) in [4.78, 5) is 16.9. The highest BCUT2D eigenvalue weighted by molar-refractivity contribution is 7.13. The predicted octanol–water partition coefficient (Wildman–Crippen LogP) is 2.38. The van der Waals surface area contributed by atoms with E-state index in [1.807, 2.05) is 0 Å². The van der Waals surface area contributed by atoms with Gasteiger partial charge in [0.05, 0.1) is 17.8 Å². The maximum absolute atomic E-state index is 12.9. The molecule has 2 N–H and O–H groups in total. The van der Waals surface area contributed by atoms with Gasteiger partial charge in [0.1, 0.15) is 10.7 Å². The quantitative estimate of drug-likeness (QED) is 0.859. The molecule has 116 valence electrons. The summed E-state index contributed by atoms with van der Waals surface area (Å²) in [5, 5.41) is 12.9. The number of thiazole rings is 1. The van der Waals surface area contributed by atoms with Crippen LogP contribution in [0.15, 0.2) is 30.5 Å². The summed E-state index contributed by atoms with van der Waals surface area (Å²) < 4.78 is 12.9. The van der Waals surface area contributed by atoms with Crippen LogP contribution in [0.3, 0.4) is 0 Å². The Labute approximate surface area is 132 Å². The minimum Gasteiger partial charge on any atom is -0.396 e. The average molecular weight is 320 g/mol. The van der Waals surface area contributed by atoms with Gasteiger partial charge < -0.3 is 10.4 Å². The van der Waals surface area contributed by atoms with Crippen LogP contribution in [0.25, 0.3) is 0 Å². The van der Waals surface area contributed by atoms with Crippen molar-refractivity contribution < 1.29 is 14.3 Å². The number of nitrogens with zero attached hydrogens (tertiary/aromatic N) is 1. The van der Waals surface area contributed by atoms with E-state index in [9.17, 15) is 14.3 Å². The number of rotatable bonds is 6. The van der Waals surface area contributed by atoms with Crippen molar-refractivity contribution >= 4 is 17.2 Å². The zero-order valence-electron chi connectivity index (χ0n) is 12.0. The Bertz CT molecular complexity index is 665. The van der Waals surface area contributed by atoms with Crippen LogP contribution in [0.2, 0.25) is 0 Å². The minimum absolute atomic E-state index is 0.0999. The highest BCUT2D eigenvalue weighted by Gasteiger charge is 2.42. The van der Waals surface area contributed by atoms with Gasteiger partial charge in [-0.05, 0) is 30.5 Å². The van der Waals surface area contributed by atoms with E-state index in [0.29, 0.717) is 17.8 Å². The first kappa shape index (κ1) is 15.1. The van der Waals surface area contributed by atoms with Crippen LogP contribution in [-0.2, 0) is 6.42 Å². The van der Waals surface area contributed by atoms with Crippen LogP contribution in [0.4, 0.5) is 4.39 Å². The summed E-state index contributed by atoms with van der Waals surface area (Å²) in [5.41, 5.74) is 0.858. The molecule has 0 aliphatic heterocycles. The van der Waals surface area contributed by atoms with Gasteiger partial charge in [0.15, 0.2) is 0 Å². The molecule has 4 nitrogen and oxygen atoms in total. The molecular formula is C16H17FN2O2S. The number of nitrogens with one attached hydrogen (secondary N) is 1. The first-order chi connectivity index (χ1) is 10.6. The first-order valence-electron chi connectivity index (χ1n) is 7.18. The Morgan fingerprint density at radius 3 is 2.73 bits per heavy atom. The number of halogens is 1. The predicted molar refractivity (Wildman–Crippen MR) is 82.4 cm³/mol. The van der Waals surface area contributed by atoms with Gasteiger partial charge in [-0.25, -0.2) is 9.37 Å². The fourth-order valence-corrected chi connectivity index (χ4v) is 3.06. The van der Waals surface area contributed by atoms with Crippen molar-refractivity contribution in [3.8, 4) is 0 Å². The summed E-state index contributed by atoms with van der Waals surface area (Å²) in [6.07, 6.45) is 4.07. The molecule has 2 aromatic rings. The lowest BCUT2D eigenvalue weighted by Crippen LogP contribution is -2.31. The number of aliphatic hydroxyl groups is 1. The molecule has 0 spiro atoms. The number of hydrogen-bond acceptors (Lipinski definition) is 4. The Hall–Kier alpha value is -1.79. The van der Waals surface area contributed by atoms with E-state index in [1.165, 1.54) is 23.5 Å². The summed E-state index contributed by atoms with van der Waals surface area (Å²) in [6, 6.07) is 6.27. The normalized spacial score (nSPS) is 15.5. The van der Waals surface area contributed by atoms with Crippen molar-refractivity contribution in [3.05, 3.63) is 51.7 Å². The van der Waals surface area contributed by atoms with Crippen molar-refractivity contribution in [1.29, 1.82) is 0 Å². The molecule has 1 fully saturated rings. The second-order valence-corrected chi connectivity index (χ2v) is 6.88. The number of aliphatic hydroxyl groups excluding tert-OH is 1. The van der Waals surface area contributed by atoms with Crippen molar-refractivity contribution in [2.24, 2.45) is 5.41 Å². The van der Waals surface area contributed by atoms with E-state index < -0.39 is 0 Å². The number of carbonyl (C=O) groups is 1. The van der Waals surface area contributed by atoms with Gasteiger partial charge >= 0.3 is 0 Å². The summed E-state index contributed by atoms with van der Waals surface area (Å²) in [7, 11) is 0. The Morgan fingerprint density at radius 2 is 2.09 bits per heavy atom. The monoisotopic (exact) mass is 320 g/mol. The minimum atomic E-state index is -0.263. The van der Waals surface area contributed by atoms with Gasteiger partial charge in [-0.2, -0.15) is 0 Å². The van der Waals surface area contributed by atoms with Crippen molar-refractivity contribution in [2.45, 2.75) is 19.3 Å². The lowest BCUT2D eigenvalue weighted by molar-refractivity contribution is 0.0939. The smallest absolute Gasteiger partial charge is 0.263 e. The fourth-order valence-electron chi connectivity index (χ4n) is 2.20. The number of carbonyl (C=O) groups excluding carboxylic acids is 1. The highest BCUT2D eigenvalue weighted by Crippen LogP contribution is 2.44. The van der Waals surface area contributed by atoms with E-state index in [2.05, 4.69) is 10.3 Å². The Kier molecular flexibility index (Phi) is 4.22. The zero-order valence-corrected chi connectivity index (χ0v) is 12.8. The maximum Gasteiger partial charge on any atom is 0.263 e. The molecule has 1 heterocycles. The third-order valence-corrected chi connectivity index (χ3v) is 4.96. The average Bonchev–Trinajstić information content (AvgIpc) is 3.17. The Balaban J connectivity index is 1.58. The number of aromatic nitrogens is 1. The molecule has 1 aliphatic carbocycles. The van der Waals surface area contributed by atoms with Crippen LogP contribution < -0.4 is 5.32 Å². The van der Waals surface area contributed by atoms with Gasteiger partial charge in [-0.1, -0.05) is 12.1 Å². The van der Waals surface area contributed by atoms with E-state index >= 15 is 0 Å². The molecule has 1 amide bonds. The molecule has 0 bridgehead atoms. The van der Waals surface area contributed by atoms with E-state index in [4.69, 9.17) is 0 Å². The molecule has 1 aliphatic rings. The number of hydrogen-bond donors (Lipinski definition) is 2. The molecule has 6 heteroatoms. The summed E-state index contributed by atoms with van der Waals surface area (Å²) in [5.74, 6) is -0.413. The topological polar surface area (TPSA) is 62.2 Å². The molecular weight excluding hydrogens is 303 g/mol. The van der Waals surface area contributed by atoms with Gasteiger partial charge in [0.25, 0.3) is 5.91 Å². The van der Waals surface area contributed by atoms with E-state index in [-0.39, 0.29) is 23.7 Å². The van der Waals surface area contributed by atoms with Crippen LogP contribution >= 0.6 is 11.3 Å². The molecule has 0 atom stereocenters. The lowest BCUT2D eigenvalue weighted by Gasteiger charge is -2.11. The standard InChI is InChI=1S/C16H17FN2O2S/c17-12-3-1-11(2-4-12)7-14-18-8-13(22-14)15(21)19-9-16(10-20)5-6-16/h1-4,8,20H,5-7,9-10H2,(H,19,21). The van der Waals surface area contributed by atoms with Crippen molar-refractivity contribution in [2.75, 3.05) is 13.2 Å². The molecule has 1 aromatic heterocycles. The van der Waals surface area contributed by atoms with E-state index in [1.54, 1.807) is 18.3 Å². The number of amides is 1. The Morgan fingerprint density at radius 1 is 1.36 bits per heavy atom. The maximum atomic E-state index is 12.9.